The molecule has 154 valence electrons. The van der Waals surface area contributed by atoms with Crippen LogP contribution in [0.4, 0.5) is 36.4 Å². The lowest BCUT2D eigenvalue weighted by Gasteiger charge is -2.28. The van der Waals surface area contributed by atoms with Crippen LogP contribution < -0.4 is 4.90 Å². The van der Waals surface area contributed by atoms with Gasteiger partial charge in [0, 0.05) is 0 Å². The molecule has 2 amide bonds. The van der Waals surface area contributed by atoms with Gasteiger partial charge in [-0.15, -0.1) is 0 Å². The predicted octanol–water partition coefficient (Wildman–Crippen LogP) is 4.39. The number of fused-ring (bicyclic) bond motifs is 1. The van der Waals surface area contributed by atoms with Crippen LogP contribution in [0.2, 0.25) is 0 Å². The fourth-order valence-electron chi connectivity index (χ4n) is 2.63. The molecule has 0 aromatic heterocycles. The van der Waals surface area contributed by atoms with Crippen LogP contribution >= 0.6 is 0 Å². The summed E-state index contributed by atoms with van der Waals surface area (Å²) in [6.07, 6.45) is -6.68. The molecule has 0 unspecified atom stereocenters. The first-order valence-corrected chi connectivity index (χ1v) is 8.78. The van der Waals surface area contributed by atoms with Gasteiger partial charge >= 0.3 is 17.4 Å². The quantitative estimate of drug-likeness (QED) is 0.525. The zero-order valence-electron chi connectivity index (χ0n) is 13.8. The molecule has 1 aliphatic rings. The first-order valence-electron chi connectivity index (χ1n) is 7.63. The van der Waals surface area contributed by atoms with Crippen LogP contribution in [0.15, 0.2) is 53.4 Å². The molecular weight excluding hydrogens is 431 g/mol. The number of anilines is 1. The molecule has 0 N–H and O–H groups in total. The third-order valence-electron chi connectivity index (χ3n) is 4.05. The molecule has 2 aromatic rings. The number of carbonyl (C=O) groups is 2. The predicted molar refractivity (Wildman–Crippen MR) is 86.4 cm³/mol. The SMILES string of the molecule is O=C1c2ccccc2C(=O)N1c1ccccc1[S@](=O)C(F)(F)C(F)(F)C(F)(F)F. The Morgan fingerprint density at radius 2 is 1.17 bits per heavy atom. The summed E-state index contributed by atoms with van der Waals surface area (Å²) < 4.78 is 104. The number of hydrogen-bond acceptors (Lipinski definition) is 3. The Balaban J connectivity index is 2.11. The second-order valence-electron chi connectivity index (χ2n) is 5.82. The lowest BCUT2D eigenvalue weighted by molar-refractivity contribution is -0.331. The number of hydrogen-bond donors (Lipinski definition) is 0. The van der Waals surface area contributed by atoms with Crippen molar-refractivity contribution in [1.82, 2.24) is 0 Å². The number of amides is 2. The van der Waals surface area contributed by atoms with Gasteiger partial charge < -0.3 is 0 Å². The molecule has 0 spiro atoms. The van der Waals surface area contributed by atoms with Crippen LogP contribution in [0.5, 0.6) is 0 Å². The zero-order valence-corrected chi connectivity index (χ0v) is 14.7. The van der Waals surface area contributed by atoms with Crippen molar-refractivity contribution in [3.05, 3.63) is 59.7 Å². The molecule has 1 aliphatic heterocycles. The van der Waals surface area contributed by atoms with Gasteiger partial charge in [0.05, 0.1) is 21.7 Å². The molecule has 1 heterocycles. The highest BCUT2D eigenvalue weighted by Crippen LogP contribution is 2.50. The van der Waals surface area contributed by atoms with Gasteiger partial charge in [0.2, 0.25) is 0 Å². The van der Waals surface area contributed by atoms with Crippen molar-refractivity contribution in [2.75, 3.05) is 4.90 Å². The van der Waals surface area contributed by atoms with Crippen LogP contribution in [-0.2, 0) is 10.8 Å². The molecule has 0 saturated heterocycles. The average molecular weight is 439 g/mol. The highest BCUT2D eigenvalue weighted by Gasteiger charge is 2.76. The van der Waals surface area contributed by atoms with Gasteiger partial charge in [0.1, 0.15) is 10.8 Å². The number of halogens is 7. The number of alkyl halides is 7. The molecule has 0 bridgehead atoms. The van der Waals surface area contributed by atoms with Gasteiger partial charge in [-0.05, 0) is 24.3 Å². The maximum atomic E-state index is 13.9. The smallest absolute Gasteiger partial charge is 0.268 e. The Morgan fingerprint density at radius 3 is 1.66 bits per heavy atom. The Labute approximate surface area is 160 Å². The van der Waals surface area contributed by atoms with Gasteiger partial charge in [-0.3, -0.25) is 9.59 Å². The first-order chi connectivity index (χ1) is 13.3. The number of nitrogens with zero attached hydrogens (tertiary/aromatic N) is 1. The lowest BCUT2D eigenvalue weighted by atomic mass is 10.1. The Bertz CT molecular complexity index is 1000. The van der Waals surface area contributed by atoms with Crippen LogP contribution in [0, 0.1) is 0 Å². The fraction of sp³-hybridized carbons (Fsp3) is 0.176. The van der Waals surface area contributed by atoms with Gasteiger partial charge in [-0.1, -0.05) is 24.3 Å². The Kier molecular flexibility index (Phi) is 4.80. The van der Waals surface area contributed by atoms with E-state index in [9.17, 15) is 44.5 Å². The summed E-state index contributed by atoms with van der Waals surface area (Å²) in [6, 6.07) is 8.75. The highest BCUT2D eigenvalue weighted by atomic mass is 32.2. The van der Waals surface area contributed by atoms with E-state index < -0.39 is 50.6 Å². The van der Waals surface area contributed by atoms with Crippen LogP contribution in [0.3, 0.4) is 0 Å². The van der Waals surface area contributed by atoms with E-state index in [1.807, 2.05) is 0 Å². The maximum absolute atomic E-state index is 13.9. The molecule has 12 heteroatoms. The molecule has 0 saturated carbocycles. The van der Waals surface area contributed by atoms with E-state index in [2.05, 4.69) is 0 Å². The topological polar surface area (TPSA) is 54.5 Å². The van der Waals surface area contributed by atoms with Gasteiger partial charge in [-0.25, -0.2) is 9.11 Å². The van der Waals surface area contributed by atoms with Crippen molar-refractivity contribution in [3.63, 3.8) is 0 Å². The number of imide groups is 1. The molecular formula is C17H8F7NO3S. The Hall–Kier alpha value is -2.76. The number of carbonyl (C=O) groups excluding carboxylic acids is 2. The van der Waals surface area contributed by atoms with E-state index in [0.29, 0.717) is 11.0 Å². The van der Waals surface area contributed by atoms with E-state index in [-0.39, 0.29) is 11.1 Å². The summed E-state index contributed by atoms with van der Waals surface area (Å²) in [4.78, 5) is 24.0. The number of benzene rings is 2. The number of para-hydroxylation sites is 1. The second kappa shape index (κ2) is 6.65. The zero-order chi connectivity index (χ0) is 21.8. The minimum atomic E-state index is -6.68. The van der Waals surface area contributed by atoms with Crippen molar-refractivity contribution in [3.8, 4) is 0 Å². The van der Waals surface area contributed by atoms with E-state index in [0.717, 1.165) is 18.2 Å². The standard InChI is InChI=1S/C17H8F7NO3S/c18-15(19,16(20,21)22)17(23,24)29(28)12-8-4-3-7-11(12)25-13(26)9-5-1-2-6-10(9)14(25)27/h1-8H/t29-/m0/s1. The van der Waals surface area contributed by atoms with Crippen molar-refractivity contribution < 1.29 is 44.5 Å². The van der Waals surface area contributed by atoms with Crippen molar-refractivity contribution >= 4 is 28.3 Å². The van der Waals surface area contributed by atoms with Gasteiger partial charge in [-0.2, -0.15) is 30.7 Å². The maximum Gasteiger partial charge on any atom is 0.461 e. The highest BCUT2D eigenvalue weighted by molar-refractivity contribution is 7.86. The molecule has 4 nitrogen and oxygen atoms in total. The summed E-state index contributed by atoms with van der Waals surface area (Å²) in [5.74, 6) is -8.68. The minimum absolute atomic E-state index is 0.134. The Morgan fingerprint density at radius 1 is 0.724 bits per heavy atom. The number of rotatable bonds is 4. The summed E-state index contributed by atoms with van der Waals surface area (Å²) in [7, 11) is -4.26. The van der Waals surface area contributed by atoms with Crippen molar-refractivity contribution in [2.45, 2.75) is 22.2 Å². The fourth-order valence-corrected chi connectivity index (χ4v) is 3.80. The molecule has 0 radical (unpaired) electrons. The van der Waals surface area contributed by atoms with Crippen molar-refractivity contribution in [2.24, 2.45) is 0 Å². The molecule has 29 heavy (non-hydrogen) atoms. The third-order valence-corrected chi connectivity index (χ3v) is 5.52. The summed E-state index contributed by atoms with van der Waals surface area (Å²) in [6.45, 7) is 0. The van der Waals surface area contributed by atoms with E-state index in [4.69, 9.17) is 0 Å². The summed E-state index contributed by atoms with van der Waals surface area (Å²) in [5, 5.41) is -6.07. The van der Waals surface area contributed by atoms with E-state index in [1.54, 1.807) is 0 Å². The minimum Gasteiger partial charge on any atom is -0.268 e. The van der Waals surface area contributed by atoms with E-state index in [1.165, 1.54) is 24.3 Å². The molecule has 0 aliphatic carbocycles. The molecule has 0 fully saturated rings. The monoisotopic (exact) mass is 439 g/mol. The normalized spacial score (nSPS) is 16.2. The van der Waals surface area contributed by atoms with Gasteiger partial charge in [0.15, 0.2) is 0 Å². The summed E-state index contributed by atoms with van der Waals surface area (Å²) >= 11 is 0. The second-order valence-corrected chi connectivity index (χ2v) is 7.31. The van der Waals surface area contributed by atoms with Crippen LogP contribution in [0.1, 0.15) is 20.7 Å². The lowest BCUT2D eigenvalue weighted by Crippen LogP contribution is -2.54. The third kappa shape index (κ3) is 3.02. The molecule has 3 rings (SSSR count). The first kappa shape index (κ1) is 21.0. The van der Waals surface area contributed by atoms with Crippen LogP contribution in [0.25, 0.3) is 0 Å². The van der Waals surface area contributed by atoms with Crippen LogP contribution in [-0.4, -0.2) is 33.4 Å². The molecule has 1 atom stereocenters. The average Bonchev–Trinajstić information content (AvgIpc) is 2.91. The molecule has 2 aromatic carbocycles. The largest absolute Gasteiger partial charge is 0.461 e. The van der Waals surface area contributed by atoms with Crippen molar-refractivity contribution in [1.29, 1.82) is 0 Å². The van der Waals surface area contributed by atoms with Gasteiger partial charge in [0.25, 0.3) is 11.8 Å². The van der Waals surface area contributed by atoms with E-state index >= 15 is 0 Å². The summed E-state index contributed by atoms with van der Waals surface area (Å²) in [5.41, 5.74) is -1.05.